The summed E-state index contributed by atoms with van der Waals surface area (Å²) in [7, 11) is 0. The summed E-state index contributed by atoms with van der Waals surface area (Å²) in [4.78, 5) is 29.8. The molecule has 0 spiro atoms. The number of pyridine rings is 1. The molecule has 202 valence electrons. The Hall–Kier alpha value is -3.87. The Bertz CT molecular complexity index is 1140. The second kappa shape index (κ2) is 14.2. The molecule has 0 saturated carbocycles. The predicted molar refractivity (Wildman–Crippen MR) is 150 cm³/mol. The van der Waals surface area contributed by atoms with Gasteiger partial charge in [-0.1, -0.05) is 44.0 Å². The second-order valence-electron chi connectivity index (χ2n) is 10.3. The number of amides is 2. The van der Waals surface area contributed by atoms with Gasteiger partial charge in [0.15, 0.2) is 0 Å². The first-order valence-electron chi connectivity index (χ1n) is 13.2. The molecule has 38 heavy (non-hydrogen) atoms. The summed E-state index contributed by atoms with van der Waals surface area (Å²) in [5, 5.41) is 5.67. The van der Waals surface area contributed by atoms with E-state index in [1.165, 1.54) is 18.4 Å². The van der Waals surface area contributed by atoms with Crippen molar-refractivity contribution in [3.05, 3.63) is 89.7 Å². The monoisotopic (exact) mass is 517 g/mol. The molecule has 0 aliphatic heterocycles. The largest absolute Gasteiger partial charge is 0.489 e. The lowest BCUT2D eigenvalue weighted by atomic mass is 10.0. The summed E-state index contributed by atoms with van der Waals surface area (Å²) in [6.07, 6.45) is 7.67. The molecule has 0 radical (unpaired) electrons. The van der Waals surface area contributed by atoms with E-state index >= 15 is 0 Å². The highest BCUT2D eigenvalue weighted by molar-refractivity contribution is 5.96. The number of ether oxygens (including phenoxy) is 2. The van der Waals surface area contributed by atoms with E-state index < -0.39 is 17.7 Å². The molecule has 0 fully saturated rings. The van der Waals surface area contributed by atoms with Gasteiger partial charge in [-0.05, 0) is 86.7 Å². The average Bonchev–Trinajstić information content (AvgIpc) is 2.88. The van der Waals surface area contributed by atoms with Crippen LogP contribution in [0, 0.1) is 0 Å². The number of alkyl carbamates (subject to hydrolysis) is 1. The molecule has 1 atom stereocenters. The first kappa shape index (κ1) is 28.7. The van der Waals surface area contributed by atoms with Crippen LogP contribution in [0.2, 0.25) is 0 Å². The van der Waals surface area contributed by atoms with Crippen molar-refractivity contribution in [2.24, 2.45) is 0 Å². The van der Waals surface area contributed by atoms with Crippen LogP contribution in [0.5, 0.6) is 5.75 Å². The van der Waals surface area contributed by atoms with Gasteiger partial charge in [-0.3, -0.25) is 9.78 Å². The lowest BCUT2D eigenvalue weighted by Gasteiger charge is -2.23. The zero-order valence-electron chi connectivity index (χ0n) is 22.8. The number of carbonyl (C=O) groups is 2. The molecule has 1 heterocycles. The van der Waals surface area contributed by atoms with Gasteiger partial charge in [-0.2, -0.15) is 0 Å². The van der Waals surface area contributed by atoms with E-state index in [0.717, 1.165) is 24.0 Å². The van der Waals surface area contributed by atoms with Gasteiger partial charge in [0.05, 0.1) is 0 Å². The van der Waals surface area contributed by atoms with Crippen LogP contribution in [0.15, 0.2) is 73.1 Å². The number of nitrogens with zero attached hydrogens (tertiary/aromatic N) is 1. The van der Waals surface area contributed by atoms with Gasteiger partial charge in [0.25, 0.3) is 0 Å². The van der Waals surface area contributed by atoms with Gasteiger partial charge in [-0.25, -0.2) is 4.79 Å². The zero-order chi connectivity index (χ0) is 27.4. The van der Waals surface area contributed by atoms with Crippen molar-refractivity contribution in [2.45, 2.75) is 78.0 Å². The summed E-state index contributed by atoms with van der Waals surface area (Å²) in [5.74, 6) is 0.401. The fourth-order valence-corrected chi connectivity index (χ4v) is 3.83. The molecule has 2 amide bonds. The Morgan fingerprint density at radius 3 is 2.16 bits per heavy atom. The van der Waals surface area contributed by atoms with Gasteiger partial charge in [0, 0.05) is 24.5 Å². The number of aromatic nitrogens is 1. The summed E-state index contributed by atoms with van der Waals surface area (Å²) < 4.78 is 11.2. The van der Waals surface area contributed by atoms with Crippen molar-refractivity contribution in [2.75, 3.05) is 5.32 Å². The van der Waals surface area contributed by atoms with Crippen LogP contribution in [0.1, 0.15) is 63.6 Å². The van der Waals surface area contributed by atoms with Gasteiger partial charge in [0.2, 0.25) is 5.91 Å². The molecule has 2 N–H and O–H groups in total. The first-order valence-corrected chi connectivity index (χ1v) is 13.2. The number of rotatable bonds is 12. The minimum Gasteiger partial charge on any atom is -0.489 e. The van der Waals surface area contributed by atoms with Crippen molar-refractivity contribution >= 4 is 17.7 Å². The number of anilines is 1. The fourth-order valence-electron chi connectivity index (χ4n) is 3.83. The number of carbonyl (C=O) groups excluding carboxylic acids is 2. The molecule has 1 aromatic heterocycles. The first-order chi connectivity index (χ1) is 18.2. The predicted octanol–water partition coefficient (Wildman–Crippen LogP) is 6.47. The van der Waals surface area contributed by atoms with Crippen molar-refractivity contribution in [1.29, 1.82) is 0 Å². The van der Waals surface area contributed by atoms with E-state index in [9.17, 15) is 9.59 Å². The van der Waals surface area contributed by atoms with Gasteiger partial charge >= 0.3 is 6.09 Å². The number of hydrogen-bond acceptors (Lipinski definition) is 5. The number of nitrogens with one attached hydrogen (secondary N) is 2. The molecule has 3 aromatic rings. The Morgan fingerprint density at radius 2 is 1.53 bits per heavy atom. The van der Waals surface area contributed by atoms with Crippen LogP contribution in [-0.2, 0) is 29.0 Å². The molecular weight excluding hydrogens is 478 g/mol. The topological polar surface area (TPSA) is 89.5 Å². The number of unbranched alkanes of at least 4 members (excludes halogenated alkanes) is 2. The average molecular weight is 518 g/mol. The lowest BCUT2D eigenvalue weighted by Crippen LogP contribution is -2.47. The standard InChI is InChI=1S/C31H39N3O4/c1-5-6-7-8-23-9-13-26(14-10-23)33-29(35)28(34-30(36)38-31(2,3)4)21-24-11-15-27(16-12-24)37-22-25-17-19-32-20-18-25/h9-20,28H,5-8,21-22H2,1-4H3,(H,33,35)(H,34,36)/t28-/m0/s1. The van der Waals surface area contributed by atoms with Crippen molar-refractivity contribution in [1.82, 2.24) is 10.3 Å². The number of benzene rings is 2. The Labute approximate surface area is 226 Å². The molecular formula is C31H39N3O4. The van der Waals surface area contributed by atoms with E-state index in [1.807, 2.05) is 60.7 Å². The normalized spacial score (nSPS) is 11.9. The van der Waals surface area contributed by atoms with Crippen molar-refractivity contribution in [3.8, 4) is 5.75 Å². The third-order valence-electron chi connectivity index (χ3n) is 5.82. The van der Waals surface area contributed by atoms with E-state index in [2.05, 4.69) is 22.5 Å². The summed E-state index contributed by atoms with van der Waals surface area (Å²) in [6, 6.07) is 18.4. The lowest BCUT2D eigenvalue weighted by molar-refractivity contribution is -0.118. The summed E-state index contributed by atoms with van der Waals surface area (Å²) in [5.41, 5.74) is 3.16. The fraction of sp³-hybridized carbons (Fsp3) is 0.387. The highest BCUT2D eigenvalue weighted by atomic mass is 16.6. The molecule has 3 rings (SSSR count). The minimum absolute atomic E-state index is 0.296. The van der Waals surface area contributed by atoms with Gasteiger partial charge in [0.1, 0.15) is 24.0 Å². The molecule has 7 nitrogen and oxygen atoms in total. The van der Waals surface area contributed by atoms with Crippen LogP contribution in [0.4, 0.5) is 10.5 Å². The number of hydrogen-bond donors (Lipinski definition) is 2. The van der Waals surface area contributed by atoms with E-state index in [-0.39, 0.29) is 5.91 Å². The summed E-state index contributed by atoms with van der Waals surface area (Å²) in [6.45, 7) is 7.98. The molecule has 0 aliphatic carbocycles. The van der Waals surface area contributed by atoms with Crippen LogP contribution >= 0.6 is 0 Å². The van der Waals surface area contributed by atoms with Gasteiger partial charge < -0.3 is 20.1 Å². The Balaban J connectivity index is 1.64. The summed E-state index contributed by atoms with van der Waals surface area (Å²) >= 11 is 0. The minimum atomic E-state index is -0.822. The highest BCUT2D eigenvalue weighted by Gasteiger charge is 2.25. The molecule has 2 aromatic carbocycles. The molecule has 0 unspecified atom stereocenters. The third kappa shape index (κ3) is 10.2. The molecule has 0 aliphatic rings. The highest BCUT2D eigenvalue weighted by Crippen LogP contribution is 2.17. The van der Waals surface area contributed by atoms with Crippen LogP contribution in [0.3, 0.4) is 0 Å². The maximum absolute atomic E-state index is 13.2. The van der Waals surface area contributed by atoms with Crippen LogP contribution in [-0.4, -0.2) is 28.6 Å². The number of aryl methyl sites for hydroxylation is 1. The molecule has 0 bridgehead atoms. The molecule has 7 heteroatoms. The van der Waals surface area contributed by atoms with E-state index in [4.69, 9.17) is 9.47 Å². The van der Waals surface area contributed by atoms with Crippen molar-refractivity contribution in [3.63, 3.8) is 0 Å². The SMILES string of the molecule is CCCCCc1ccc(NC(=O)[C@H](Cc2ccc(OCc3ccncc3)cc2)NC(=O)OC(C)(C)C)cc1. The smallest absolute Gasteiger partial charge is 0.408 e. The van der Waals surface area contributed by atoms with E-state index in [1.54, 1.807) is 33.2 Å². The third-order valence-corrected chi connectivity index (χ3v) is 5.82. The quantitative estimate of drug-likeness (QED) is 0.269. The Kier molecular flexibility index (Phi) is 10.7. The maximum Gasteiger partial charge on any atom is 0.408 e. The molecule has 0 saturated heterocycles. The maximum atomic E-state index is 13.2. The van der Waals surface area contributed by atoms with Crippen LogP contribution < -0.4 is 15.4 Å². The van der Waals surface area contributed by atoms with Crippen molar-refractivity contribution < 1.29 is 19.1 Å². The Morgan fingerprint density at radius 1 is 0.868 bits per heavy atom. The van der Waals surface area contributed by atoms with Gasteiger partial charge in [-0.15, -0.1) is 0 Å². The van der Waals surface area contributed by atoms with Crippen LogP contribution in [0.25, 0.3) is 0 Å². The van der Waals surface area contributed by atoms with E-state index in [0.29, 0.717) is 24.5 Å². The zero-order valence-corrected chi connectivity index (χ0v) is 22.8. The second-order valence-corrected chi connectivity index (χ2v) is 10.3.